The molecule has 180 valence electrons. The Hall–Kier alpha value is -4.35. The van der Waals surface area contributed by atoms with E-state index in [2.05, 4.69) is 20.4 Å². The van der Waals surface area contributed by atoms with Crippen LogP contribution in [0.3, 0.4) is 0 Å². The Bertz CT molecular complexity index is 1510. The van der Waals surface area contributed by atoms with Gasteiger partial charge in [0.25, 0.3) is 0 Å². The molecule has 2 aromatic carbocycles. The number of urea groups is 1. The third-order valence-electron chi connectivity index (χ3n) is 5.38. The van der Waals surface area contributed by atoms with Crippen molar-refractivity contribution in [3.8, 4) is 5.75 Å². The lowest BCUT2D eigenvalue weighted by Gasteiger charge is -2.36. The van der Waals surface area contributed by atoms with Gasteiger partial charge in [-0.2, -0.15) is 23.3 Å². The van der Waals surface area contributed by atoms with E-state index in [4.69, 9.17) is 8.85 Å². The predicted molar refractivity (Wildman–Crippen MR) is 124 cm³/mol. The van der Waals surface area contributed by atoms with E-state index in [0.717, 1.165) is 10.9 Å². The number of alkyl halides is 3. The summed E-state index contributed by atoms with van der Waals surface area (Å²) >= 11 is 0. The van der Waals surface area contributed by atoms with Crippen LogP contribution in [-0.2, 0) is 13.6 Å². The smallest absolute Gasteiger partial charge is 0.405 e. The average Bonchev–Trinajstić information content (AvgIpc) is 3.21. The minimum Gasteiger partial charge on any atom is -0.497 e. The van der Waals surface area contributed by atoms with Gasteiger partial charge in [0.1, 0.15) is 12.3 Å². The fourth-order valence-corrected chi connectivity index (χ4v) is 3.82. The predicted octanol–water partition coefficient (Wildman–Crippen LogP) is 4.62. The van der Waals surface area contributed by atoms with Gasteiger partial charge in [0.2, 0.25) is 5.95 Å². The summed E-state index contributed by atoms with van der Waals surface area (Å²) in [6.07, 6.45) is -1.32. The number of methoxy groups -OCH3 is 1. The number of hydrogen-bond donors (Lipinski definition) is 1. The van der Waals surface area contributed by atoms with Crippen LogP contribution < -0.4 is 19.9 Å². The van der Waals surface area contributed by atoms with Gasteiger partial charge in [0.15, 0.2) is 5.82 Å². The number of rotatable bonds is 5. The molecule has 4 aromatic rings. The van der Waals surface area contributed by atoms with Crippen molar-refractivity contribution in [2.24, 2.45) is 7.05 Å². The molecule has 0 spiro atoms. The number of halogens is 3. The summed E-state index contributed by atoms with van der Waals surface area (Å²) in [5.74, 6) is -0.156. The molecular formula is C23H20F3N7O2. The fraction of sp³-hybridized carbons (Fsp3) is 0.217. The van der Waals surface area contributed by atoms with Crippen molar-refractivity contribution in [1.29, 1.82) is 0 Å². The molecule has 0 unspecified atom stereocenters. The Morgan fingerprint density at radius 2 is 1.94 bits per heavy atom. The van der Waals surface area contributed by atoms with E-state index in [0.29, 0.717) is 16.9 Å². The molecule has 0 saturated heterocycles. The highest BCUT2D eigenvalue weighted by molar-refractivity contribution is 6.10. The Balaban J connectivity index is 1.55. The van der Waals surface area contributed by atoms with Gasteiger partial charge in [-0.25, -0.2) is 14.7 Å². The molecule has 0 saturated carbocycles. The molecule has 1 aliphatic heterocycles. The normalized spacial score (nSPS) is 15.4. The number of benzene rings is 2. The van der Waals surface area contributed by atoms with E-state index in [-0.39, 0.29) is 24.1 Å². The number of nitrogens with one attached hydrogen (secondary N) is 1. The summed E-state index contributed by atoms with van der Waals surface area (Å²) in [7, 11) is -0.881. The first-order valence-electron chi connectivity index (χ1n) is 11.9. The SMILES string of the molecule is [2H]C([2H])([2H])Oc1ccc(N2C(=O)N(c3ccc4nn(C)cc4c3)Cc3cnc(NCC(F)(F)F)nc32)cc1. The van der Waals surface area contributed by atoms with Crippen LogP contribution in [0.2, 0.25) is 0 Å². The maximum absolute atomic E-state index is 13.8. The minimum absolute atomic E-state index is 0.0486. The van der Waals surface area contributed by atoms with Crippen molar-refractivity contribution in [2.75, 3.05) is 28.7 Å². The third-order valence-corrected chi connectivity index (χ3v) is 5.38. The van der Waals surface area contributed by atoms with Crippen molar-refractivity contribution >= 4 is 40.1 Å². The highest BCUT2D eigenvalue weighted by Crippen LogP contribution is 2.37. The van der Waals surface area contributed by atoms with E-state index in [1.807, 2.05) is 6.20 Å². The van der Waals surface area contributed by atoms with Gasteiger partial charge < -0.3 is 10.1 Å². The van der Waals surface area contributed by atoms with E-state index >= 15 is 0 Å². The number of carbonyl (C=O) groups is 1. The van der Waals surface area contributed by atoms with Gasteiger partial charge in [-0.05, 0) is 42.5 Å². The van der Waals surface area contributed by atoms with Gasteiger partial charge in [-0.3, -0.25) is 9.58 Å². The Labute approximate surface area is 202 Å². The van der Waals surface area contributed by atoms with Gasteiger partial charge in [0, 0.05) is 36.1 Å². The highest BCUT2D eigenvalue weighted by atomic mass is 19.4. The van der Waals surface area contributed by atoms with Crippen LogP contribution in [0.4, 0.5) is 41.1 Å². The molecule has 0 atom stereocenters. The second-order valence-electron chi connectivity index (χ2n) is 7.86. The van der Waals surface area contributed by atoms with Crippen molar-refractivity contribution in [1.82, 2.24) is 19.7 Å². The topological polar surface area (TPSA) is 88.4 Å². The lowest BCUT2D eigenvalue weighted by Crippen LogP contribution is -2.45. The molecule has 5 rings (SSSR count). The van der Waals surface area contributed by atoms with E-state index in [1.54, 1.807) is 29.9 Å². The number of nitrogens with zero attached hydrogens (tertiary/aromatic N) is 6. The first-order chi connectivity index (χ1) is 17.9. The molecule has 12 heteroatoms. The van der Waals surface area contributed by atoms with Crippen molar-refractivity contribution < 1.29 is 26.8 Å². The molecule has 0 radical (unpaired) electrons. The van der Waals surface area contributed by atoms with Crippen LogP contribution in [0.5, 0.6) is 5.75 Å². The summed E-state index contributed by atoms with van der Waals surface area (Å²) < 4.78 is 66.6. The molecule has 3 heterocycles. The summed E-state index contributed by atoms with van der Waals surface area (Å²) in [5.41, 5.74) is 2.08. The van der Waals surface area contributed by atoms with Crippen molar-refractivity contribution in [3.05, 3.63) is 60.4 Å². The first kappa shape index (κ1) is 19.0. The van der Waals surface area contributed by atoms with Crippen LogP contribution in [0.25, 0.3) is 10.9 Å². The number of carbonyl (C=O) groups excluding carboxylic acids is 1. The molecule has 2 amide bonds. The van der Waals surface area contributed by atoms with Gasteiger partial charge in [0.05, 0.1) is 28.9 Å². The number of amides is 2. The van der Waals surface area contributed by atoms with Crippen LogP contribution in [0.1, 0.15) is 9.68 Å². The minimum atomic E-state index is -4.49. The number of anilines is 4. The summed E-state index contributed by atoms with van der Waals surface area (Å²) in [6.45, 7) is -1.28. The summed E-state index contributed by atoms with van der Waals surface area (Å²) in [5, 5.41) is 7.28. The maximum Gasteiger partial charge on any atom is 0.405 e. The quantitative estimate of drug-likeness (QED) is 0.443. The molecule has 35 heavy (non-hydrogen) atoms. The average molecular weight is 486 g/mol. The molecular weight excluding hydrogens is 463 g/mol. The molecule has 0 bridgehead atoms. The zero-order chi connectivity index (χ0) is 27.2. The maximum atomic E-state index is 13.8. The van der Waals surface area contributed by atoms with Gasteiger partial charge in [-0.15, -0.1) is 0 Å². The van der Waals surface area contributed by atoms with E-state index in [1.165, 1.54) is 40.3 Å². The van der Waals surface area contributed by atoms with E-state index < -0.39 is 25.8 Å². The number of ether oxygens (including phenoxy) is 1. The number of fused-ring (bicyclic) bond motifs is 2. The van der Waals surface area contributed by atoms with E-state index in [9.17, 15) is 18.0 Å². The molecule has 0 aliphatic carbocycles. The largest absolute Gasteiger partial charge is 0.497 e. The van der Waals surface area contributed by atoms with Crippen LogP contribution in [0, 0.1) is 0 Å². The zero-order valence-electron chi connectivity index (χ0n) is 21.2. The van der Waals surface area contributed by atoms with Gasteiger partial charge in [-0.1, -0.05) is 0 Å². The molecule has 0 fully saturated rings. The highest BCUT2D eigenvalue weighted by Gasteiger charge is 2.35. The number of aryl methyl sites for hydroxylation is 1. The van der Waals surface area contributed by atoms with Crippen molar-refractivity contribution in [2.45, 2.75) is 12.7 Å². The van der Waals surface area contributed by atoms with Crippen LogP contribution in [0.15, 0.2) is 54.9 Å². The summed E-state index contributed by atoms with van der Waals surface area (Å²) in [6, 6.07) is 10.5. The summed E-state index contributed by atoms with van der Waals surface area (Å²) in [4.78, 5) is 24.7. The molecule has 9 nitrogen and oxygen atoms in total. The Kier molecular flexibility index (Phi) is 4.59. The lowest BCUT2D eigenvalue weighted by atomic mass is 10.1. The Morgan fingerprint density at radius 1 is 1.17 bits per heavy atom. The third kappa shape index (κ3) is 4.42. The standard InChI is InChI=1S/C23H20F3N7O2/c1-31-11-14-9-17(5-8-19(14)30-31)32-12-15-10-27-21(28-13-23(24,25)26)29-20(15)33(22(32)34)16-3-6-18(35-2)7-4-16/h3-11H,12-13H2,1-2H3,(H,27,28,29)/i2D3. The Morgan fingerprint density at radius 3 is 2.69 bits per heavy atom. The first-order valence-corrected chi connectivity index (χ1v) is 10.4. The second-order valence-corrected chi connectivity index (χ2v) is 7.86. The van der Waals surface area contributed by atoms with Crippen LogP contribution in [-0.4, -0.2) is 45.5 Å². The van der Waals surface area contributed by atoms with Gasteiger partial charge >= 0.3 is 12.2 Å². The number of hydrogen-bond acceptors (Lipinski definition) is 6. The molecule has 1 aliphatic rings. The second kappa shape index (κ2) is 8.46. The molecule has 1 N–H and O–H groups in total. The lowest BCUT2D eigenvalue weighted by molar-refractivity contribution is -0.115. The fourth-order valence-electron chi connectivity index (χ4n) is 3.82. The number of aromatic nitrogens is 4. The zero-order valence-corrected chi connectivity index (χ0v) is 18.2. The molecule has 2 aromatic heterocycles. The van der Waals surface area contributed by atoms with Crippen molar-refractivity contribution in [3.63, 3.8) is 0 Å². The van der Waals surface area contributed by atoms with Crippen LogP contribution >= 0.6 is 0 Å². The monoisotopic (exact) mass is 486 g/mol.